The van der Waals surface area contributed by atoms with Gasteiger partial charge in [0.15, 0.2) is 0 Å². The van der Waals surface area contributed by atoms with Gasteiger partial charge in [-0.15, -0.1) is 0 Å². The van der Waals surface area contributed by atoms with E-state index in [-0.39, 0.29) is 11.6 Å². The number of hydrogen-bond acceptors (Lipinski definition) is 2. The normalized spacial score (nSPS) is 30.0. The summed E-state index contributed by atoms with van der Waals surface area (Å²) in [5, 5.41) is 1.52. The molecule has 2 aromatic carbocycles. The second kappa shape index (κ2) is 7.53. The van der Waals surface area contributed by atoms with Gasteiger partial charge in [-0.2, -0.15) is 0 Å². The Balaban J connectivity index is 1.85. The van der Waals surface area contributed by atoms with E-state index in [0.717, 1.165) is 6.61 Å². The highest BCUT2D eigenvalue weighted by Gasteiger charge is 2.55. The second-order valence-corrected chi connectivity index (χ2v) is 14.6. The Hall–Kier alpha value is -1.68. The van der Waals surface area contributed by atoms with Crippen LogP contribution in [0.3, 0.4) is 0 Å². The average Bonchev–Trinajstić information content (AvgIpc) is 3.11. The Morgan fingerprint density at radius 3 is 2.34 bits per heavy atom. The lowest BCUT2D eigenvalue weighted by molar-refractivity contribution is -0.0187. The van der Waals surface area contributed by atoms with Crippen molar-refractivity contribution in [1.82, 2.24) is 4.90 Å². The largest absolute Gasteiger partial charge is 0.361 e. The summed E-state index contributed by atoms with van der Waals surface area (Å²) in [6.07, 6.45) is 4.94. The minimum Gasteiger partial charge on any atom is -0.361 e. The van der Waals surface area contributed by atoms with Crippen molar-refractivity contribution in [3.63, 3.8) is 0 Å². The number of nitrogens with zero attached hydrogens (tertiary/aromatic N) is 1. The van der Waals surface area contributed by atoms with E-state index in [9.17, 15) is 0 Å². The number of likely N-dealkylation sites (N-methyl/N-ethyl adjacent to an activating group) is 1. The summed E-state index contributed by atoms with van der Waals surface area (Å²) in [5.74, 6) is 0.584. The molecule has 0 bridgehead atoms. The van der Waals surface area contributed by atoms with E-state index < -0.39 is 8.07 Å². The molecule has 0 N–H and O–H groups in total. The monoisotopic (exact) mass is 405 g/mol. The summed E-state index contributed by atoms with van der Waals surface area (Å²) < 4.78 is 6.61. The van der Waals surface area contributed by atoms with Gasteiger partial charge in [0.1, 0.15) is 6.23 Å². The van der Waals surface area contributed by atoms with Crippen molar-refractivity contribution in [3.8, 4) is 0 Å². The molecule has 0 aromatic heterocycles. The molecule has 1 saturated heterocycles. The molecule has 2 aromatic rings. The maximum Gasteiger partial charge on any atom is 0.120 e. The van der Waals surface area contributed by atoms with E-state index in [1.165, 1.54) is 16.3 Å². The standard InChI is InChI=1S/C26H35NOSi/c1-19(2)23-18-28-25(27(23)4)26(3)22-15-11-10-12-20(22)16-17-24(26)29(5,6)21-13-8-7-9-14-21/h7-17,19,23-25H,18H2,1-6H3/t23-,24-,25?,26+/m1/s1. The minimum atomic E-state index is -1.82. The molecule has 2 aliphatic rings. The van der Waals surface area contributed by atoms with E-state index >= 15 is 0 Å². The van der Waals surface area contributed by atoms with Crippen molar-refractivity contribution < 1.29 is 4.74 Å². The van der Waals surface area contributed by atoms with Crippen LogP contribution < -0.4 is 5.19 Å². The zero-order chi connectivity index (χ0) is 20.8. The third-order valence-corrected chi connectivity index (χ3v) is 11.7. The van der Waals surface area contributed by atoms with E-state index in [1.807, 2.05) is 0 Å². The predicted molar refractivity (Wildman–Crippen MR) is 126 cm³/mol. The Kier molecular flexibility index (Phi) is 5.35. The third-order valence-electron chi connectivity index (χ3n) is 7.55. The topological polar surface area (TPSA) is 12.5 Å². The zero-order valence-electron chi connectivity index (χ0n) is 18.7. The molecule has 0 radical (unpaired) electrons. The Bertz CT molecular complexity index is 891. The number of allylic oxidation sites excluding steroid dienone is 1. The van der Waals surface area contributed by atoms with Crippen molar-refractivity contribution >= 4 is 19.3 Å². The van der Waals surface area contributed by atoms with Gasteiger partial charge in [-0.1, -0.05) is 106 Å². The number of fused-ring (bicyclic) bond motifs is 1. The maximum absolute atomic E-state index is 6.61. The lowest BCUT2D eigenvalue weighted by Gasteiger charge is -2.51. The molecule has 2 nitrogen and oxygen atoms in total. The summed E-state index contributed by atoms with van der Waals surface area (Å²) in [5.41, 5.74) is 3.14. The van der Waals surface area contributed by atoms with Gasteiger partial charge in [-0.05, 0) is 29.6 Å². The van der Waals surface area contributed by atoms with Crippen molar-refractivity contribution in [2.24, 2.45) is 5.92 Å². The van der Waals surface area contributed by atoms with Crippen molar-refractivity contribution in [2.75, 3.05) is 13.7 Å². The lowest BCUT2D eigenvalue weighted by atomic mass is 9.71. The van der Waals surface area contributed by atoms with Crippen molar-refractivity contribution in [3.05, 3.63) is 71.8 Å². The molecule has 0 saturated carbocycles. The molecule has 1 aliphatic heterocycles. The first-order valence-electron chi connectivity index (χ1n) is 10.9. The molecule has 154 valence electrons. The molecular formula is C26H35NOSi. The first-order chi connectivity index (χ1) is 13.8. The van der Waals surface area contributed by atoms with Gasteiger partial charge < -0.3 is 4.74 Å². The number of ether oxygens (including phenoxy) is 1. The van der Waals surface area contributed by atoms with E-state index in [1.54, 1.807) is 0 Å². The molecule has 1 heterocycles. The van der Waals surface area contributed by atoms with Gasteiger partial charge >= 0.3 is 0 Å². The predicted octanol–water partition coefficient (Wildman–Crippen LogP) is 5.27. The Morgan fingerprint density at radius 1 is 1.03 bits per heavy atom. The van der Waals surface area contributed by atoms with Gasteiger partial charge in [-0.3, -0.25) is 4.90 Å². The molecule has 3 heteroatoms. The Labute approximate surface area is 177 Å². The average molecular weight is 406 g/mol. The van der Waals surface area contributed by atoms with Crippen LogP contribution >= 0.6 is 0 Å². The van der Waals surface area contributed by atoms with E-state index in [2.05, 4.69) is 113 Å². The number of benzene rings is 2. The number of hydrogen-bond donors (Lipinski definition) is 0. The summed E-state index contributed by atoms with van der Waals surface area (Å²) in [6.45, 7) is 13.0. The van der Waals surface area contributed by atoms with Crippen LogP contribution in [-0.2, 0) is 10.2 Å². The molecule has 4 rings (SSSR count). The molecule has 1 aliphatic carbocycles. The van der Waals surface area contributed by atoms with Crippen LogP contribution in [0.15, 0.2) is 60.7 Å². The van der Waals surface area contributed by atoms with Crippen molar-refractivity contribution in [1.29, 1.82) is 0 Å². The quantitative estimate of drug-likeness (QED) is 0.643. The molecule has 1 fully saturated rings. The highest BCUT2D eigenvalue weighted by atomic mass is 28.3. The van der Waals surface area contributed by atoms with Crippen LogP contribution in [0.25, 0.3) is 6.08 Å². The lowest BCUT2D eigenvalue weighted by Crippen LogP contribution is -2.59. The molecule has 4 atom stereocenters. The smallest absolute Gasteiger partial charge is 0.120 e. The highest BCUT2D eigenvalue weighted by molar-refractivity contribution is 6.91. The van der Waals surface area contributed by atoms with Gasteiger partial charge in [0.25, 0.3) is 0 Å². The summed E-state index contributed by atoms with van der Waals surface area (Å²) in [4.78, 5) is 2.52. The fourth-order valence-electron chi connectivity index (χ4n) is 5.88. The van der Waals surface area contributed by atoms with Crippen LogP contribution in [0.1, 0.15) is 31.9 Å². The third kappa shape index (κ3) is 3.24. The first-order valence-corrected chi connectivity index (χ1v) is 14.0. The van der Waals surface area contributed by atoms with Crippen LogP contribution in [0.2, 0.25) is 18.6 Å². The fraction of sp³-hybridized carbons (Fsp3) is 0.462. The van der Waals surface area contributed by atoms with E-state index in [4.69, 9.17) is 4.74 Å². The van der Waals surface area contributed by atoms with Gasteiger partial charge in [-0.25, -0.2) is 0 Å². The second-order valence-electron chi connectivity index (χ2n) is 9.96. The maximum atomic E-state index is 6.61. The van der Waals surface area contributed by atoms with Gasteiger partial charge in [0, 0.05) is 11.5 Å². The van der Waals surface area contributed by atoms with Crippen LogP contribution in [0.5, 0.6) is 0 Å². The zero-order valence-corrected chi connectivity index (χ0v) is 19.7. The van der Waals surface area contributed by atoms with Crippen LogP contribution in [0, 0.1) is 5.92 Å². The summed E-state index contributed by atoms with van der Waals surface area (Å²) in [6, 6.07) is 20.6. The van der Waals surface area contributed by atoms with Crippen LogP contribution in [-0.4, -0.2) is 38.9 Å². The molecule has 1 unspecified atom stereocenters. The summed E-state index contributed by atoms with van der Waals surface area (Å²) >= 11 is 0. The molecule has 0 amide bonds. The fourth-order valence-corrected chi connectivity index (χ4v) is 9.67. The van der Waals surface area contributed by atoms with E-state index in [0.29, 0.717) is 17.5 Å². The molecule has 0 spiro atoms. The van der Waals surface area contributed by atoms with Gasteiger partial charge in [0.2, 0.25) is 0 Å². The SMILES string of the molecule is CC(C)[C@H]1COC([C@@]2(C)c3ccccc3C=C[C@H]2[Si](C)(C)c2ccccc2)N1C. The minimum absolute atomic E-state index is 0.0847. The van der Waals surface area contributed by atoms with Gasteiger partial charge in [0.05, 0.1) is 14.7 Å². The first kappa shape index (κ1) is 20.6. The molecular weight excluding hydrogens is 370 g/mol. The summed E-state index contributed by atoms with van der Waals surface area (Å²) in [7, 11) is 0.444. The van der Waals surface area contributed by atoms with Crippen LogP contribution in [0.4, 0.5) is 0 Å². The highest BCUT2D eigenvalue weighted by Crippen LogP contribution is 2.52. The number of rotatable bonds is 4. The molecule has 29 heavy (non-hydrogen) atoms. The Morgan fingerprint density at radius 2 is 1.69 bits per heavy atom. The van der Waals surface area contributed by atoms with Crippen molar-refractivity contribution in [2.45, 2.75) is 57.1 Å².